The molecule has 0 aliphatic heterocycles. The molecule has 0 heterocycles. The molecule has 2 N–H and O–H groups in total. The monoisotopic (exact) mass is 278 g/mol. The first kappa shape index (κ1) is 17.0. The fourth-order valence-corrected chi connectivity index (χ4v) is 2.74. The summed E-state index contributed by atoms with van der Waals surface area (Å²) in [5.41, 5.74) is 7.63. The molecule has 0 bridgehead atoms. The SMILES string of the molecule is CCC(N)C(c1ccccc1OC)N(CC)CC(C)C. The van der Waals surface area contributed by atoms with Crippen LogP contribution < -0.4 is 10.5 Å². The number of likely N-dealkylation sites (N-methyl/N-ethyl adjacent to an activating group) is 1. The smallest absolute Gasteiger partial charge is 0.123 e. The zero-order chi connectivity index (χ0) is 15.1. The van der Waals surface area contributed by atoms with Crippen LogP contribution in [0.4, 0.5) is 0 Å². The van der Waals surface area contributed by atoms with Crippen LogP contribution in [-0.4, -0.2) is 31.1 Å². The number of rotatable bonds is 8. The van der Waals surface area contributed by atoms with Gasteiger partial charge in [-0.25, -0.2) is 0 Å². The van der Waals surface area contributed by atoms with E-state index in [-0.39, 0.29) is 12.1 Å². The van der Waals surface area contributed by atoms with Gasteiger partial charge in [0.25, 0.3) is 0 Å². The van der Waals surface area contributed by atoms with Crippen molar-refractivity contribution in [3.05, 3.63) is 29.8 Å². The van der Waals surface area contributed by atoms with Gasteiger partial charge < -0.3 is 10.5 Å². The van der Waals surface area contributed by atoms with Crippen molar-refractivity contribution >= 4 is 0 Å². The fourth-order valence-electron chi connectivity index (χ4n) is 2.74. The molecule has 0 fully saturated rings. The quantitative estimate of drug-likeness (QED) is 0.791. The number of nitrogens with two attached hydrogens (primary N) is 1. The minimum absolute atomic E-state index is 0.116. The summed E-state index contributed by atoms with van der Waals surface area (Å²) in [7, 11) is 1.73. The van der Waals surface area contributed by atoms with Crippen molar-refractivity contribution < 1.29 is 4.74 Å². The molecule has 114 valence electrons. The average molecular weight is 278 g/mol. The Kier molecular flexibility index (Phi) is 7.03. The highest BCUT2D eigenvalue weighted by molar-refractivity contribution is 5.36. The third-order valence-electron chi connectivity index (χ3n) is 3.73. The Morgan fingerprint density at radius 3 is 2.35 bits per heavy atom. The van der Waals surface area contributed by atoms with E-state index in [4.69, 9.17) is 10.5 Å². The number of benzene rings is 1. The first-order valence-corrected chi connectivity index (χ1v) is 7.67. The van der Waals surface area contributed by atoms with Crippen LogP contribution in [0.5, 0.6) is 5.75 Å². The summed E-state index contributed by atoms with van der Waals surface area (Å²) in [4.78, 5) is 2.47. The fraction of sp³-hybridized carbons (Fsp3) is 0.647. The van der Waals surface area contributed by atoms with Gasteiger partial charge in [0.2, 0.25) is 0 Å². The van der Waals surface area contributed by atoms with E-state index in [2.05, 4.69) is 44.7 Å². The second-order valence-corrected chi connectivity index (χ2v) is 5.74. The lowest BCUT2D eigenvalue weighted by molar-refractivity contribution is 0.156. The summed E-state index contributed by atoms with van der Waals surface area (Å²) < 4.78 is 5.54. The van der Waals surface area contributed by atoms with Gasteiger partial charge in [-0.15, -0.1) is 0 Å². The number of ether oxygens (including phenoxy) is 1. The molecule has 20 heavy (non-hydrogen) atoms. The van der Waals surface area contributed by atoms with Crippen molar-refractivity contribution in [2.24, 2.45) is 11.7 Å². The molecule has 1 rings (SSSR count). The van der Waals surface area contributed by atoms with Crippen molar-refractivity contribution in [3.8, 4) is 5.75 Å². The predicted molar refractivity (Wildman–Crippen MR) is 86.1 cm³/mol. The molecular formula is C17H30N2O. The molecule has 0 aliphatic rings. The number of hydrogen-bond acceptors (Lipinski definition) is 3. The van der Waals surface area contributed by atoms with Crippen LogP contribution >= 0.6 is 0 Å². The Bertz CT molecular complexity index is 392. The summed E-state index contributed by atoms with van der Waals surface area (Å²) in [5, 5.41) is 0. The Balaban J connectivity index is 3.16. The lowest BCUT2D eigenvalue weighted by atomic mass is 9.94. The number of methoxy groups -OCH3 is 1. The minimum Gasteiger partial charge on any atom is -0.496 e. The van der Waals surface area contributed by atoms with Gasteiger partial charge in [0.15, 0.2) is 0 Å². The third kappa shape index (κ3) is 4.22. The van der Waals surface area contributed by atoms with Crippen LogP contribution in [-0.2, 0) is 0 Å². The summed E-state index contributed by atoms with van der Waals surface area (Å²) >= 11 is 0. The Morgan fingerprint density at radius 1 is 1.20 bits per heavy atom. The van der Waals surface area contributed by atoms with Gasteiger partial charge in [-0.2, -0.15) is 0 Å². The molecule has 0 amide bonds. The van der Waals surface area contributed by atoms with E-state index >= 15 is 0 Å². The van der Waals surface area contributed by atoms with E-state index in [1.54, 1.807) is 7.11 Å². The molecule has 0 spiro atoms. The van der Waals surface area contributed by atoms with E-state index in [9.17, 15) is 0 Å². The highest BCUT2D eigenvalue weighted by Gasteiger charge is 2.27. The highest BCUT2D eigenvalue weighted by Crippen LogP contribution is 2.32. The number of nitrogens with zero attached hydrogens (tertiary/aromatic N) is 1. The van der Waals surface area contributed by atoms with E-state index in [1.165, 1.54) is 5.56 Å². The second kappa shape index (κ2) is 8.28. The minimum atomic E-state index is 0.116. The highest BCUT2D eigenvalue weighted by atomic mass is 16.5. The van der Waals surface area contributed by atoms with Crippen LogP contribution in [0, 0.1) is 5.92 Å². The normalized spacial score (nSPS) is 14.6. The van der Waals surface area contributed by atoms with Crippen LogP contribution in [0.2, 0.25) is 0 Å². The van der Waals surface area contributed by atoms with Gasteiger partial charge in [0, 0.05) is 18.2 Å². The summed E-state index contributed by atoms with van der Waals surface area (Å²) in [6.45, 7) is 10.9. The average Bonchev–Trinajstić information content (AvgIpc) is 2.46. The van der Waals surface area contributed by atoms with Crippen LogP contribution in [0.3, 0.4) is 0 Å². The standard InChI is InChI=1S/C17H30N2O/c1-6-15(18)17(19(7-2)12-13(3)4)14-10-8-9-11-16(14)20-5/h8-11,13,15,17H,6-7,12,18H2,1-5H3. The molecule has 2 unspecified atom stereocenters. The van der Waals surface area contributed by atoms with E-state index in [0.29, 0.717) is 5.92 Å². The van der Waals surface area contributed by atoms with Crippen molar-refractivity contribution in [1.82, 2.24) is 4.90 Å². The van der Waals surface area contributed by atoms with Gasteiger partial charge >= 0.3 is 0 Å². The summed E-state index contributed by atoms with van der Waals surface area (Å²) in [6.07, 6.45) is 0.956. The summed E-state index contributed by atoms with van der Waals surface area (Å²) in [6, 6.07) is 8.57. The maximum absolute atomic E-state index is 6.43. The molecule has 0 saturated heterocycles. The van der Waals surface area contributed by atoms with E-state index in [0.717, 1.165) is 25.3 Å². The maximum atomic E-state index is 6.43. The zero-order valence-corrected chi connectivity index (χ0v) is 13.6. The molecule has 0 aliphatic carbocycles. The molecule has 0 radical (unpaired) electrons. The van der Waals surface area contributed by atoms with Gasteiger partial charge in [-0.3, -0.25) is 4.90 Å². The topological polar surface area (TPSA) is 38.5 Å². The molecule has 2 atom stereocenters. The van der Waals surface area contributed by atoms with Crippen molar-refractivity contribution in [2.75, 3.05) is 20.2 Å². The Morgan fingerprint density at radius 2 is 1.85 bits per heavy atom. The largest absolute Gasteiger partial charge is 0.496 e. The van der Waals surface area contributed by atoms with Gasteiger partial charge in [0.1, 0.15) is 5.75 Å². The number of hydrogen-bond donors (Lipinski definition) is 1. The lowest BCUT2D eigenvalue weighted by Gasteiger charge is -2.36. The van der Waals surface area contributed by atoms with Crippen molar-refractivity contribution in [2.45, 2.75) is 46.2 Å². The van der Waals surface area contributed by atoms with Crippen LogP contribution in [0.25, 0.3) is 0 Å². The predicted octanol–water partition coefficient (Wildman–Crippen LogP) is 3.45. The van der Waals surface area contributed by atoms with Crippen molar-refractivity contribution in [1.29, 1.82) is 0 Å². The molecular weight excluding hydrogens is 248 g/mol. The van der Waals surface area contributed by atoms with Gasteiger partial charge in [0.05, 0.1) is 13.2 Å². The van der Waals surface area contributed by atoms with E-state index in [1.807, 2.05) is 12.1 Å². The molecule has 3 heteroatoms. The lowest BCUT2D eigenvalue weighted by Crippen LogP contribution is -2.42. The first-order chi connectivity index (χ1) is 9.54. The van der Waals surface area contributed by atoms with Crippen LogP contribution in [0.15, 0.2) is 24.3 Å². The molecule has 3 nitrogen and oxygen atoms in total. The third-order valence-corrected chi connectivity index (χ3v) is 3.73. The Hall–Kier alpha value is -1.06. The van der Waals surface area contributed by atoms with Gasteiger partial charge in [-0.05, 0) is 24.9 Å². The summed E-state index contributed by atoms with van der Waals surface area (Å²) in [5.74, 6) is 1.56. The molecule has 1 aromatic carbocycles. The van der Waals surface area contributed by atoms with E-state index < -0.39 is 0 Å². The molecule has 0 saturated carbocycles. The second-order valence-electron chi connectivity index (χ2n) is 5.74. The Labute approximate surface area is 124 Å². The number of para-hydroxylation sites is 1. The maximum Gasteiger partial charge on any atom is 0.123 e. The van der Waals surface area contributed by atoms with Gasteiger partial charge in [-0.1, -0.05) is 45.9 Å². The first-order valence-electron chi connectivity index (χ1n) is 7.67. The van der Waals surface area contributed by atoms with Crippen molar-refractivity contribution in [3.63, 3.8) is 0 Å². The molecule has 0 aromatic heterocycles. The van der Waals surface area contributed by atoms with Crippen LogP contribution in [0.1, 0.15) is 45.7 Å². The zero-order valence-electron chi connectivity index (χ0n) is 13.6. The molecule has 1 aromatic rings.